The van der Waals surface area contributed by atoms with Gasteiger partial charge in [-0.3, -0.25) is 11.3 Å². The molecule has 0 aliphatic carbocycles. The Morgan fingerprint density at radius 3 is 2.55 bits per heavy atom. The predicted molar refractivity (Wildman–Crippen MR) is 79.6 cm³/mol. The van der Waals surface area contributed by atoms with Crippen molar-refractivity contribution in [3.05, 3.63) is 47.8 Å². The summed E-state index contributed by atoms with van der Waals surface area (Å²) >= 11 is 0. The smallest absolute Gasteiger partial charge is 0.131 e. The molecule has 20 heavy (non-hydrogen) atoms. The highest BCUT2D eigenvalue weighted by Gasteiger charge is 2.20. The molecule has 0 bridgehead atoms. The zero-order chi connectivity index (χ0) is 14.5. The van der Waals surface area contributed by atoms with Gasteiger partial charge in [-0.1, -0.05) is 37.3 Å². The number of nitrogens with one attached hydrogen (secondary N) is 1. The summed E-state index contributed by atoms with van der Waals surface area (Å²) in [5.74, 6) is 5.80. The molecule has 2 rings (SSSR count). The Kier molecular flexibility index (Phi) is 5.06. The van der Waals surface area contributed by atoms with Crippen molar-refractivity contribution in [3.8, 4) is 0 Å². The summed E-state index contributed by atoms with van der Waals surface area (Å²) in [4.78, 5) is 0. The van der Waals surface area contributed by atoms with Crippen molar-refractivity contribution in [1.29, 1.82) is 0 Å². The second kappa shape index (κ2) is 6.79. The van der Waals surface area contributed by atoms with E-state index in [1.807, 2.05) is 24.3 Å². The standard InChI is InChI=1S/C16H21FN2O/c1-11(9-10-20-2)16(19-18)14-7-8-15(17)13-6-4-3-5-12(13)14/h3-8,11,16,19H,9-10,18H2,1-2H3. The molecule has 108 valence electrons. The summed E-state index contributed by atoms with van der Waals surface area (Å²) in [5.41, 5.74) is 3.88. The largest absolute Gasteiger partial charge is 0.385 e. The third-order valence-corrected chi connectivity index (χ3v) is 3.77. The molecule has 0 spiro atoms. The predicted octanol–water partition coefficient (Wildman–Crippen LogP) is 3.16. The van der Waals surface area contributed by atoms with Crippen LogP contribution >= 0.6 is 0 Å². The van der Waals surface area contributed by atoms with Gasteiger partial charge in [-0.05, 0) is 29.4 Å². The van der Waals surface area contributed by atoms with Crippen LogP contribution in [-0.4, -0.2) is 13.7 Å². The van der Waals surface area contributed by atoms with E-state index in [0.717, 1.165) is 17.4 Å². The fourth-order valence-corrected chi connectivity index (χ4v) is 2.59. The molecule has 0 radical (unpaired) electrons. The lowest BCUT2D eigenvalue weighted by atomic mass is 9.89. The van der Waals surface area contributed by atoms with Gasteiger partial charge in [-0.25, -0.2) is 4.39 Å². The normalized spacial score (nSPS) is 14.4. The fraction of sp³-hybridized carbons (Fsp3) is 0.375. The maximum atomic E-state index is 13.9. The number of hydrogen-bond donors (Lipinski definition) is 2. The summed E-state index contributed by atoms with van der Waals surface area (Å²) in [6.07, 6.45) is 0.886. The number of nitrogens with two attached hydrogens (primary N) is 1. The first-order valence-electron chi connectivity index (χ1n) is 6.81. The highest BCUT2D eigenvalue weighted by atomic mass is 19.1. The van der Waals surface area contributed by atoms with E-state index in [1.165, 1.54) is 6.07 Å². The van der Waals surface area contributed by atoms with Crippen molar-refractivity contribution in [2.75, 3.05) is 13.7 Å². The Hall–Kier alpha value is -1.49. The topological polar surface area (TPSA) is 47.3 Å². The number of benzene rings is 2. The maximum Gasteiger partial charge on any atom is 0.131 e. The lowest BCUT2D eigenvalue weighted by molar-refractivity contribution is 0.170. The Morgan fingerprint density at radius 2 is 1.90 bits per heavy atom. The fourth-order valence-electron chi connectivity index (χ4n) is 2.59. The van der Waals surface area contributed by atoms with Crippen molar-refractivity contribution >= 4 is 10.8 Å². The summed E-state index contributed by atoms with van der Waals surface area (Å²) in [7, 11) is 1.69. The van der Waals surface area contributed by atoms with Gasteiger partial charge in [0.1, 0.15) is 5.82 Å². The molecule has 2 unspecified atom stereocenters. The minimum absolute atomic E-state index is 0.0318. The van der Waals surface area contributed by atoms with Gasteiger partial charge in [-0.2, -0.15) is 0 Å². The number of ether oxygens (including phenoxy) is 1. The van der Waals surface area contributed by atoms with Gasteiger partial charge in [0.25, 0.3) is 0 Å². The van der Waals surface area contributed by atoms with E-state index in [-0.39, 0.29) is 17.8 Å². The third-order valence-electron chi connectivity index (χ3n) is 3.77. The number of halogens is 1. The van der Waals surface area contributed by atoms with Gasteiger partial charge in [0.05, 0.1) is 0 Å². The second-order valence-electron chi connectivity index (χ2n) is 5.09. The Balaban J connectivity index is 2.42. The average molecular weight is 276 g/mol. The van der Waals surface area contributed by atoms with Crippen LogP contribution in [0.4, 0.5) is 4.39 Å². The minimum atomic E-state index is -0.204. The van der Waals surface area contributed by atoms with Crippen LogP contribution in [0.1, 0.15) is 24.9 Å². The molecule has 4 heteroatoms. The highest BCUT2D eigenvalue weighted by Crippen LogP contribution is 2.31. The van der Waals surface area contributed by atoms with Gasteiger partial charge < -0.3 is 4.74 Å². The minimum Gasteiger partial charge on any atom is -0.385 e. The molecule has 2 aromatic carbocycles. The van der Waals surface area contributed by atoms with E-state index < -0.39 is 0 Å². The third kappa shape index (κ3) is 2.98. The molecule has 2 atom stereocenters. The van der Waals surface area contributed by atoms with E-state index in [9.17, 15) is 4.39 Å². The van der Waals surface area contributed by atoms with E-state index in [0.29, 0.717) is 12.0 Å². The molecular weight excluding hydrogens is 255 g/mol. The van der Waals surface area contributed by atoms with Crippen molar-refractivity contribution < 1.29 is 9.13 Å². The van der Waals surface area contributed by atoms with Crippen molar-refractivity contribution in [1.82, 2.24) is 5.43 Å². The lowest BCUT2D eigenvalue weighted by Gasteiger charge is -2.25. The van der Waals surface area contributed by atoms with Crippen LogP contribution in [0.2, 0.25) is 0 Å². The lowest BCUT2D eigenvalue weighted by Crippen LogP contribution is -2.33. The first-order valence-corrected chi connectivity index (χ1v) is 6.81. The summed E-state index contributed by atoms with van der Waals surface area (Å²) in [6, 6.07) is 10.8. The Morgan fingerprint density at radius 1 is 1.20 bits per heavy atom. The molecule has 0 saturated carbocycles. The number of hydrogen-bond acceptors (Lipinski definition) is 3. The van der Waals surface area contributed by atoms with Crippen LogP contribution < -0.4 is 11.3 Å². The van der Waals surface area contributed by atoms with Crippen LogP contribution in [0.15, 0.2) is 36.4 Å². The molecule has 0 aliphatic heterocycles. The van der Waals surface area contributed by atoms with E-state index in [2.05, 4.69) is 12.3 Å². The van der Waals surface area contributed by atoms with E-state index >= 15 is 0 Å². The Labute approximate surface area is 118 Å². The monoisotopic (exact) mass is 276 g/mol. The maximum absolute atomic E-state index is 13.9. The van der Waals surface area contributed by atoms with Gasteiger partial charge >= 0.3 is 0 Å². The molecule has 0 aromatic heterocycles. The van der Waals surface area contributed by atoms with E-state index in [1.54, 1.807) is 13.2 Å². The second-order valence-corrected chi connectivity index (χ2v) is 5.09. The first-order chi connectivity index (χ1) is 9.69. The number of rotatable bonds is 6. The van der Waals surface area contributed by atoms with Gasteiger partial charge in [0.2, 0.25) is 0 Å². The molecule has 0 saturated heterocycles. The summed E-state index contributed by atoms with van der Waals surface area (Å²) in [5, 5.41) is 1.53. The van der Waals surface area contributed by atoms with Crippen LogP contribution in [0.3, 0.4) is 0 Å². The molecule has 0 heterocycles. The highest BCUT2D eigenvalue weighted by molar-refractivity contribution is 5.86. The summed E-state index contributed by atoms with van der Waals surface area (Å²) in [6.45, 7) is 2.79. The molecular formula is C16H21FN2O. The van der Waals surface area contributed by atoms with E-state index in [4.69, 9.17) is 10.6 Å². The molecule has 3 N–H and O–H groups in total. The number of fused-ring (bicyclic) bond motifs is 1. The quantitative estimate of drug-likeness (QED) is 0.629. The number of methoxy groups -OCH3 is 1. The van der Waals surface area contributed by atoms with Gasteiger partial charge in [0.15, 0.2) is 0 Å². The molecule has 0 aliphatic rings. The molecule has 0 fully saturated rings. The SMILES string of the molecule is COCCC(C)C(NN)c1ccc(F)c2ccccc12. The Bertz CT molecular complexity index is 573. The van der Waals surface area contributed by atoms with Gasteiger partial charge in [-0.15, -0.1) is 0 Å². The molecule has 3 nitrogen and oxygen atoms in total. The number of hydrazine groups is 1. The zero-order valence-electron chi connectivity index (χ0n) is 11.9. The zero-order valence-corrected chi connectivity index (χ0v) is 11.9. The van der Waals surface area contributed by atoms with Crippen LogP contribution in [0.5, 0.6) is 0 Å². The molecule has 2 aromatic rings. The molecule has 0 amide bonds. The summed E-state index contributed by atoms with van der Waals surface area (Å²) < 4.78 is 19.0. The van der Waals surface area contributed by atoms with Crippen molar-refractivity contribution in [2.24, 2.45) is 11.8 Å². The van der Waals surface area contributed by atoms with Crippen LogP contribution in [0, 0.1) is 11.7 Å². The van der Waals surface area contributed by atoms with Crippen molar-refractivity contribution in [3.63, 3.8) is 0 Å². The average Bonchev–Trinajstić information content (AvgIpc) is 2.48. The van der Waals surface area contributed by atoms with Gasteiger partial charge in [0, 0.05) is 25.1 Å². The first kappa shape index (κ1) is 14.9. The van der Waals surface area contributed by atoms with Crippen LogP contribution in [0.25, 0.3) is 10.8 Å². The van der Waals surface area contributed by atoms with Crippen molar-refractivity contribution in [2.45, 2.75) is 19.4 Å². The van der Waals surface area contributed by atoms with Crippen LogP contribution in [-0.2, 0) is 4.74 Å².